The van der Waals surface area contributed by atoms with E-state index in [1.165, 1.54) is 19.3 Å². The zero-order valence-electron chi connectivity index (χ0n) is 11.3. The number of benzene rings is 1. The Morgan fingerprint density at radius 1 is 1.25 bits per heavy atom. The van der Waals surface area contributed by atoms with Gasteiger partial charge in [0.05, 0.1) is 7.11 Å². The minimum Gasteiger partial charge on any atom is -0.496 e. The van der Waals surface area contributed by atoms with Crippen LogP contribution in [0.1, 0.15) is 21.7 Å². The van der Waals surface area contributed by atoms with Crippen LogP contribution >= 0.6 is 0 Å². The minimum atomic E-state index is -0.690. The predicted octanol–water partition coefficient (Wildman–Crippen LogP) is 2.85. The van der Waals surface area contributed by atoms with Gasteiger partial charge in [-0.1, -0.05) is 36.4 Å². The van der Waals surface area contributed by atoms with Gasteiger partial charge in [0.25, 0.3) is 0 Å². The molecule has 2 aromatic rings. The number of hydrogen-bond acceptors (Lipinski definition) is 4. The zero-order chi connectivity index (χ0) is 14.5. The smallest absolute Gasteiger partial charge is 0.351 e. The van der Waals surface area contributed by atoms with Crippen LogP contribution in [0.4, 0.5) is 0 Å². The van der Waals surface area contributed by atoms with Crippen LogP contribution in [-0.2, 0) is 0 Å². The van der Waals surface area contributed by atoms with E-state index < -0.39 is 11.4 Å². The number of methoxy groups -OCH3 is 1. The van der Waals surface area contributed by atoms with Gasteiger partial charge < -0.3 is 9.15 Å². The number of ether oxygens (including phenoxy) is 1. The molecule has 0 bridgehead atoms. The number of hydrogen-bond donors (Lipinski definition) is 0. The van der Waals surface area contributed by atoms with E-state index in [4.69, 9.17) is 9.15 Å². The highest BCUT2D eigenvalue weighted by Gasteiger charge is 2.16. The third-order valence-corrected chi connectivity index (χ3v) is 2.73. The molecule has 1 heterocycles. The molecule has 0 atom stereocenters. The lowest BCUT2D eigenvalue weighted by molar-refractivity contribution is 0.104. The van der Waals surface area contributed by atoms with Gasteiger partial charge in [-0.25, -0.2) is 4.79 Å². The van der Waals surface area contributed by atoms with E-state index >= 15 is 0 Å². The van der Waals surface area contributed by atoms with E-state index in [1.54, 1.807) is 13.0 Å². The highest BCUT2D eigenvalue weighted by Crippen LogP contribution is 2.17. The molecule has 4 nitrogen and oxygen atoms in total. The molecule has 1 aromatic carbocycles. The van der Waals surface area contributed by atoms with Crippen LogP contribution in [0.2, 0.25) is 0 Å². The molecule has 0 saturated heterocycles. The normalized spacial score (nSPS) is 10.7. The second kappa shape index (κ2) is 6.02. The van der Waals surface area contributed by atoms with Crippen molar-refractivity contribution in [1.29, 1.82) is 0 Å². The van der Waals surface area contributed by atoms with Crippen molar-refractivity contribution in [3.63, 3.8) is 0 Å². The first-order valence-corrected chi connectivity index (χ1v) is 6.08. The maximum Gasteiger partial charge on any atom is 0.351 e. The van der Waals surface area contributed by atoms with Gasteiger partial charge in [-0.3, -0.25) is 4.79 Å². The molecule has 0 radical (unpaired) electrons. The van der Waals surface area contributed by atoms with Gasteiger partial charge in [-0.05, 0) is 18.6 Å². The SMILES string of the molecule is COc1cc(C)oc(=O)c1C(=O)C=Cc1ccccc1. The van der Waals surface area contributed by atoms with Crippen molar-refractivity contribution in [2.24, 2.45) is 0 Å². The lowest BCUT2D eigenvalue weighted by Gasteiger charge is -2.04. The van der Waals surface area contributed by atoms with Gasteiger partial charge in [-0.2, -0.15) is 0 Å². The lowest BCUT2D eigenvalue weighted by Crippen LogP contribution is -2.14. The van der Waals surface area contributed by atoms with Crippen molar-refractivity contribution in [2.45, 2.75) is 6.92 Å². The molecule has 0 aliphatic carbocycles. The molecule has 0 N–H and O–H groups in total. The number of allylic oxidation sites excluding steroid dienone is 1. The Labute approximate surface area is 116 Å². The number of aryl methyl sites for hydroxylation is 1. The third-order valence-electron chi connectivity index (χ3n) is 2.73. The van der Waals surface area contributed by atoms with Gasteiger partial charge in [0.2, 0.25) is 0 Å². The molecule has 102 valence electrons. The summed E-state index contributed by atoms with van der Waals surface area (Å²) in [4.78, 5) is 23.9. The summed E-state index contributed by atoms with van der Waals surface area (Å²) in [6.07, 6.45) is 2.97. The zero-order valence-corrected chi connectivity index (χ0v) is 11.3. The van der Waals surface area contributed by atoms with Crippen LogP contribution in [0.3, 0.4) is 0 Å². The molecule has 0 amide bonds. The van der Waals surface area contributed by atoms with Crippen molar-refractivity contribution in [1.82, 2.24) is 0 Å². The monoisotopic (exact) mass is 270 g/mol. The number of carbonyl (C=O) groups is 1. The molecule has 0 spiro atoms. The van der Waals surface area contributed by atoms with E-state index in [0.29, 0.717) is 5.76 Å². The second-order valence-electron chi connectivity index (χ2n) is 4.20. The van der Waals surface area contributed by atoms with Crippen molar-refractivity contribution in [3.05, 3.63) is 69.8 Å². The molecule has 2 rings (SSSR count). The summed E-state index contributed by atoms with van der Waals surface area (Å²) < 4.78 is 10.00. The van der Waals surface area contributed by atoms with Crippen LogP contribution in [0, 0.1) is 6.92 Å². The maximum atomic E-state index is 12.1. The van der Waals surface area contributed by atoms with Gasteiger partial charge in [-0.15, -0.1) is 0 Å². The average molecular weight is 270 g/mol. The fraction of sp³-hybridized carbons (Fsp3) is 0.125. The quantitative estimate of drug-likeness (QED) is 0.633. The molecule has 0 saturated carbocycles. The number of rotatable bonds is 4. The summed E-state index contributed by atoms with van der Waals surface area (Å²) in [5.41, 5.74) is 0.0890. The summed E-state index contributed by atoms with van der Waals surface area (Å²) in [5, 5.41) is 0. The molecular weight excluding hydrogens is 256 g/mol. The van der Waals surface area contributed by atoms with Crippen molar-refractivity contribution in [2.75, 3.05) is 7.11 Å². The lowest BCUT2D eigenvalue weighted by atomic mass is 10.1. The Bertz CT molecular complexity index is 696. The summed E-state index contributed by atoms with van der Waals surface area (Å²) in [6.45, 7) is 1.62. The molecule has 4 heteroatoms. The molecule has 1 aromatic heterocycles. The summed E-state index contributed by atoms with van der Waals surface area (Å²) in [5.74, 6) is 0.177. The Kier molecular flexibility index (Phi) is 4.15. The van der Waals surface area contributed by atoms with Gasteiger partial charge in [0, 0.05) is 6.07 Å². The highest BCUT2D eigenvalue weighted by molar-refractivity contribution is 6.08. The van der Waals surface area contributed by atoms with Crippen LogP contribution in [0.5, 0.6) is 5.75 Å². The summed E-state index contributed by atoms with van der Waals surface area (Å²) in [6, 6.07) is 10.9. The molecule has 0 fully saturated rings. The molecule has 0 aliphatic heterocycles. The van der Waals surface area contributed by atoms with Crippen molar-refractivity contribution in [3.8, 4) is 5.75 Å². The Balaban J connectivity index is 2.35. The maximum absolute atomic E-state index is 12.1. The van der Waals surface area contributed by atoms with Crippen LogP contribution < -0.4 is 10.4 Å². The van der Waals surface area contributed by atoms with E-state index in [1.807, 2.05) is 30.3 Å². The number of carbonyl (C=O) groups excluding carboxylic acids is 1. The standard InChI is InChI=1S/C16H14O4/c1-11-10-14(19-2)15(16(18)20-11)13(17)9-8-12-6-4-3-5-7-12/h3-10H,1-2H3. The molecule has 20 heavy (non-hydrogen) atoms. The Hall–Kier alpha value is -2.62. The first kappa shape index (κ1) is 13.8. The van der Waals surface area contributed by atoms with Crippen molar-refractivity contribution < 1.29 is 13.9 Å². The van der Waals surface area contributed by atoms with Gasteiger partial charge >= 0.3 is 5.63 Å². The predicted molar refractivity (Wildman–Crippen MR) is 76.1 cm³/mol. The topological polar surface area (TPSA) is 56.5 Å². The summed E-state index contributed by atoms with van der Waals surface area (Å²) in [7, 11) is 1.41. The average Bonchev–Trinajstić information content (AvgIpc) is 2.45. The van der Waals surface area contributed by atoms with Gasteiger partial charge in [0.1, 0.15) is 17.1 Å². The third kappa shape index (κ3) is 3.03. The first-order valence-electron chi connectivity index (χ1n) is 6.08. The largest absolute Gasteiger partial charge is 0.496 e. The summed E-state index contributed by atoms with van der Waals surface area (Å²) >= 11 is 0. The number of ketones is 1. The van der Waals surface area contributed by atoms with Crippen molar-refractivity contribution >= 4 is 11.9 Å². The van der Waals surface area contributed by atoms with Crippen LogP contribution in [0.15, 0.2) is 51.7 Å². The van der Waals surface area contributed by atoms with Crippen LogP contribution in [-0.4, -0.2) is 12.9 Å². The highest BCUT2D eigenvalue weighted by atomic mass is 16.5. The van der Waals surface area contributed by atoms with E-state index in [-0.39, 0.29) is 11.3 Å². The Morgan fingerprint density at radius 2 is 1.95 bits per heavy atom. The van der Waals surface area contributed by atoms with E-state index in [2.05, 4.69) is 0 Å². The minimum absolute atomic E-state index is 0.0923. The second-order valence-corrected chi connectivity index (χ2v) is 4.20. The fourth-order valence-corrected chi connectivity index (χ4v) is 1.79. The fourth-order valence-electron chi connectivity index (χ4n) is 1.79. The van der Waals surface area contributed by atoms with Gasteiger partial charge in [0.15, 0.2) is 5.78 Å². The molecular formula is C16H14O4. The first-order chi connectivity index (χ1) is 9.61. The molecule has 0 unspecified atom stereocenters. The van der Waals surface area contributed by atoms with E-state index in [0.717, 1.165) is 5.56 Å². The van der Waals surface area contributed by atoms with E-state index in [9.17, 15) is 9.59 Å². The Morgan fingerprint density at radius 3 is 2.60 bits per heavy atom. The van der Waals surface area contributed by atoms with Crippen LogP contribution in [0.25, 0.3) is 6.08 Å². The molecule has 0 aliphatic rings.